The van der Waals surface area contributed by atoms with E-state index in [0.29, 0.717) is 6.20 Å². The monoisotopic (exact) mass is 320 g/mol. The minimum atomic E-state index is -4.52. The van der Waals surface area contributed by atoms with Crippen LogP contribution in [0, 0.1) is 0 Å². The summed E-state index contributed by atoms with van der Waals surface area (Å²) in [4.78, 5) is 7.61. The second-order valence-corrected chi connectivity index (χ2v) is 4.94. The van der Waals surface area contributed by atoms with Gasteiger partial charge >= 0.3 is 6.18 Å². The van der Waals surface area contributed by atoms with E-state index in [1.165, 1.54) is 0 Å². The van der Waals surface area contributed by atoms with E-state index in [1.54, 1.807) is 0 Å². The fourth-order valence-electron chi connectivity index (χ4n) is 1.54. The summed E-state index contributed by atoms with van der Waals surface area (Å²) in [5.41, 5.74) is 4.72. The molecule has 0 amide bonds. The van der Waals surface area contributed by atoms with Gasteiger partial charge in [0.2, 0.25) is 11.9 Å². The molecule has 0 fully saturated rings. The lowest BCUT2D eigenvalue weighted by Gasteiger charge is -2.09. The molecule has 2 aromatic rings. The molecular weight excluding hydrogens is 309 g/mol. The van der Waals surface area contributed by atoms with Gasteiger partial charge in [-0.1, -0.05) is 11.6 Å². The van der Waals surface area contributed by atoms with Crippen LogP contribution in [0.15, 0.2) is 12.3 Å². The molecule has 10 heteroatoms. The predicted octanol–water partition coefficient (Wildman–Crippen LogP) is 2.74. The molecule has 0 aromatic carbocycles. The van der Waals surface area contributed by atoms with E-state index >= 15 is 0 Å². The molecule has 0 aliphatic rings. The van der Waals surface area contributed by atoms with Gasteiger partial charge in [-0.15, -0.1) is 5.10 Å². The maximum absolute atomic E-state index is 12.6. The number of rotatable bonds is 3. The molecule has 114 valence electrons. The van der Waals surface area contributed by atoms with Crippen molar-refractivity contribution in [3.8, 4) is 5.82 Å². The highest BCUT2D eigenvalue weighted by Gasteiger charge is 2.32. The molecule has 0 unspecified atom stereocenters. The first-order chi connectivity index (χ1) is 9.68. The minimum absolute atomic E-state index is 0.0218. The Kier molecular flexibility index (Phi) is 3.95. The second kappa shape index (κ2) is 5.40. The number of nitrogens with one attached hydrogen (secondary N) is 1. The molecule has 0 bridgehead atoms. The summed E-state index contributed by atoms with van der Waals surface area (Å²) in [5.74, 6) is 0.180. The molecule has 0 aliphatic heterocycles. The van der Waals surface area contributed by atoms with Gasteiger partial charge in [0, 0.05) is 12.2 Å². The topological polar surface area (TPSA) is 81.6 Å². The number of hydrogen-bond donors (Lipinski definition) is 2. The van der Waals surface area contributed by atoms with Crippen LogP contribution in [0.1, 0.15) is 19.4 Å². The maximum atomic E-state index is 12.6. The smallest absolute Gasteiger partial charge is 0.368 e. The van der Waals surface area contributed by atoms with Gasteiger partial charge in [-0.3, -0.25) is 0 Å². The lowest BCUT2D eigenvalue weighted by molar-refractivity contribution is -0.137. The Morgan fingerprint density at radius 1 is 1.38 bits per heavy atom. The first kappa shape index (κ1) is 15.4. The Balaban J connectivity index is 2.41. The number of nitrogens with zero attached hydrogens (tertiary/aromatic N) is 4. The Morgan fingerprint density at radius 3 is 2.57 bits per heavy atom. The van der Waals surface area contributed by atoms with E-state index < -0.39 is 11.7 Å². The van der Waals surface area contributed by atoms with E-state index in [2.05, 4.69) is 20.4 Å². The van der Waals surface area contributed by atoms with Gasteiger partial charge in [0.15, 0.2) is 5.82 Å². The van der Waals surface area contributed by atoms with Gasteiger partial charge in [-0.05, 0) is 19.9 Å². The third-order valence-corrected chi connectivity index (χ3v) is 2.68. The predicted molar refractivity (Wildman–Crippen MR) is 72.3 cm³/mol. The standard InChI is InChI=1S/C11H12ClF3N6/c1-5(2)18-10-19-9(16)21(20-10)8-7(12)3-6(4-17-8)11(13,14)15/h3-5H,1-2H3,(H3,16,18,19,20). The van der Waals surface area contributed by atoms with Crippen LogP contribution in [0.25, 0.3) is 5.82 Å². The van der Waals surface area contributed by atoms with Crippen molar-refractivity contribution >= 4 is 23.5 Å². The van der Waals surface area contributed by atoms with Crippen LogP contribution in [0.4, 0.5) is 25.1 Å². The molecule has 2 aromatic heterocycles. The summed E-state index contributed by atoms with van der Waals surface area (Å²) in [5, 5.41) is 6.71. The average molecular weight is 321 g/mol. The molecule has 0 atom stereocenters. The molecule has 0 aliphatic carbocycles. The number of hydrogen-bond acceptors (Lipinski definition) is 5. The van der Waals surface area contributed by atoms with Crippen molar-refractivity contribution in [3.05, 3.63) is 22.8 Å². The van der Waals surface area contributed by atoms with Crippen LogP contribution >= 0.6 is 11.6 Å². The number of nitrogens with two attached hydrogens (primary N) is 1. The quantitative estimate of drug-likeness (QED) is 0.908. The number of alkyl halides is 3. The van der Waals surface area contributed by atoms with E-state index in [0.717, 1.165) is 10.7 Å². The van der Waals surface area contributed by atoms with Crippen molar-refractivity contribution in [3.63, 3.8) is 0 Å². The normalized spacial score (nSPS) is 12.0. The Labute approximate surface area is 123 Å². The van der Waals surface area contributed by atoms with E-state index in [9.17, 15) is 13.2 Å². The molecule has 0 saturated heterocycles. The first-order valence-corrected chi connectivity index (χ1v) is 6.28. The van der Waals surface area contributed by atoms with E-state index in [1.807, 2.05) is 13.8 Å². The Hall–Kier alpha value is -2.03. The molecule has 21 heavy (non-hydrogen) atoms. The minimum Gasteiger partial charge on any atom is -0.368 e. The number of aromatic nitrogens is 4. The van der Waals surface area contributed by atoms with Gasteiger partial charge in [-0.2, -0.15) is 22.8 Å². The number of anilines is 2. The van der Waals surface area contributed by atoms with Crippen LogP contribution in [-0.4, -0.2) is 25.8 Å². The van der Waals surface area contributed by atoms with Crippen molar-refractivity contribution in [1.29, 1.82) is 0 Å². The van der Waals surface area contributed by atoms with Crippen LogP contribution < -0.4 is 11.1 Å². The molecule has 3 N–H and O–H groups in total. The number of nitrogen functional groups attached to an aromatic ring is 1. The van der Waals surface area contributed by atoms with Crippen LogP contribution in [-0.2, 0) is 6.18 Å². The SMILES string of the molecule is CC(C)Nc1nc(N)n(-c2ncc(C(F)(F)F)cc2Cl)n1. The van der Waals surface area contributed by atoms with Crippen molar-refractivity contribution in [2.45, 2.75) is 26.1 Å². The summed E-state index contributed by atoms with van der Waals surface area (Å²) < 4.78 is 38.8. The highest BCUT2D eigenvalue weighted by molar-refractivity contribution is 6.32. The molecule has 6 nitrogen and oxygen atoms in total. The van der Waals surface area contributed by atoms with Crippen molar-refractivity contribution in [2.75, 3.05) is 11.1 Å². The van der Waals surface area contributed by atoms with E-state index in [-0.39, 0.29) is 28.8 Å². The fraction of sp³-hybridized carbons (Fsp3) is 0.364. The van der Waals surface area contributed by atoms with E-state index in [4.69, 9.17) is 17.3 Å². The van der Waals surface area contributed by atoms with Crippen molar-refractivity contribution < 1.29 is 13.2 Å². The lowest BCUT2D eigenvalue weighted by Crippen LogP contribution is -2.12. The van der Waals surface area contributed by atoms with Crippen molar-refractivity contribution in [2.24, 2.45) is 0 Å². The largest absolute Gasteiger partial charge is 0.417 e. The van der Waals surface area contributed by atoms with Gasteiger partial charge < -0.3 is 11.1 Å². The molecule has 0 saturated carbocycles. The highest BCUT2D eigenvalue weighted by Crippen LogP contribution is 2.32. The highest BCUT2D eigenvalue weighted by atomic mass is 35.5. The Morgan fingerprint density at radius 2 is 2.05 bits per heavy atom. The first-order valence-electron chi connectivity index (χ1n) is 5.90. The molecule has 0 radical (unpaired) electrons. The molecule has 2 rings (SSSR count). The molecule has 2 heterocycles. The van der Waals surface area contributed by atoms with Gasteiger partial charge in [0.05, 0.1) is 10.6 Å². The zero-order chi connectivity index (χ0) is 15.8. The molecule has 0 spiro atoms. The van der Waals surface area contributed by atoms with Crippen LogP contribution in [0.5, 0.6) is 0 Å². The fourth-order valence-corrected chi connectivity index (χ4v) is 1.79. The maximum Gasteiger partial charge on any atom is 0.417 e. The van der Waals surface area contributed by atoms with Gasteiger partial charge in [-0.25, -0.2) is 4.98 Å². The van der Waals surface area contributed by atoms with Crippen molar-refractivity contribution in [1.82, 2.24) is 19.7 Å². The summed E-state index contributed by atoms with van der Waals surface area (Å²) in [7, 11) is 0. The lowest BCUT2D eigenvalue weighted by atomic mass is 10.3. The average Bonchev–Trinajstić information content (AvgIpc) is 2.67. The Bertz CT molecular complexity index is 652. The zero-order valence-electron chi connectivity index (χ0n) is 11.1. The zero-order valence-corrected chi connectivity index (χ0v) is 11.9. The summed E-state index contributed by atoms with van der Waals surface area (Å²) in [6, 6.07) is 0.830. The second-order valence-electron chi connectivity index (χ2n) is 4.53. The third kappa shape index (κ3) is 3.35. The van der Waals surface area contributed by atoms with Gasteiger partial charge in [0.25, 0.3) is 0 Å². The summed E-state index contributed by atoms with van der Waals surface area (Å²) in [6.07, 6.45) is -3.86. The third-order valence-electron chi connectivity index (χ3n) is 2.40. The summed E-state index contributed by atoms with van der Waals surface area (Å²) >= 11 is 5.83. The number of pyridine rings is 1. The molecular formula is C11H12ClF3N6. The number of halogens is 4. The van der Waals surface area contributed by atoms with Crippen LogP contribution in [0.3, 0.4) is 0 Å². The van der Waals surface area contributed by atoms with Crippen LogP contribution in [0.2, 0.25) is 5.02 Å². The summed E-state index contributed by atoms with van der Waals surface area (Å²) in [6.45, 7) is 3.75. The van der Waals surface area contributed by atoms with Gasteiger partial charge in [0.1, 0.15) is 0 Å².